The molecule has 0 saturated heterocycles. The van der Waals surface area contributed by atoms with Crippen LogP contribution in [-0.2, 0) is 19.1 Å². The maximum Gasteiger partial charge on any atom is 0.338 e. The Morgan fingerprint density at radius 2 is 1.26 bits per heavy atom. The minimum Gasteiger partial charge on any atom is -0.457 e. The lowest BCUT2D eigenvalue weighted by molar-refractivity contribution is -0.384. The molecule has 0 aliphatic carbocycles. The lowest BCUT2D eigenvalue weighted by Crippen LogP contribution is -2.16. The second-order valence-electron chi connectivity index (χ2n) is 8.23. The predicted octanol–water partition coefficient (Wildman–Crippen LogP) is 4.17. The molecule has 0 aliphatic rings. The van der Waals surface area contributed by atoms with Gasteiger partial charge in [-0.2, -0.15) is 0 Å². The van der Waals surface area contributed by atoms with E-state index in [0.717, 1.165) is 0 Å². The van der Waals surface area contributed by atoms with Gasteiger partial charge in [-0.1, -0.05) is 30.3 Å². The van der Waals surface area contributed by atoms with Crippen LogP contribution in [0.3, 0.4) is 0 Å². The SMILES string of the molecule is O=C(CCCC(=O)OCC(=O)c1ccc([N+](=O)[O-])cc1)Nc1ccc(C(=O)OCC(=O)c2ccccc2)cc1. The molecule has 11 heteroatoms. The van der Waals surface area contributed by atoms with Crippen molar-refractivity contribution in [3.8, 4) is 0 Å². The lowest BCUT2D eigenvalue weighted by atomic mass is 10.1. The van der Waals surface area contributed by atoms with Gasteiger partial charge >= 0.3 is 11.9 Å². The number of carbonyl (C=O) groups is 5. The van der Waals surface area contributed by atoms with Crippen molar-refractivity contribution in [1.29, 1.82) is 0 Å². The van der Waals surface area contributed by atoms with Crippen molar-refractivity contribution >= 4 is 40.8 Å². The summed E-state index contributed by atoms with van der Waals surface area (Å²) < 4.78 is 9.96. The van der Waals surface area contributed by atoms with E-state index in [9.17, 15) is 34.1 Å². The number of rotatable bonds is 13. The Morgan fingerprint density at radius 1 is 0.692 bits per heavy atom. The summed E-state index contributed by atoms with van der Waals surface area (Å²) in [6, 6.07) is 19.3. The van der Waals surface area contributed by atoms with Crippen molar-refractivity contribution in [2.75, 3.05) is 18.5 Å². The summed E-state index contributed by atoms with van der Waals surface area (Å²) in [6.45, 7) is -0.910. The zero-order valence-corrected chi connectivity index (χ0v) is 20.7. The van der Waals surface area contributed by atoms with E-state index in [4.69, 9.17) is 9.47 Å². The molecule has 0 fully saturated rings. The topological polar surface area (TPSA) is 159 Å². The van der Waals surface area contributed by atoms with Crippen LogP contribution in [0.2, 0.25) is 0 Å². The molecule has 3 aromatic rings. The number of esters is 2. The lowest BCUT2D eigenvalue weighted by Gasteiger charge is -2.08. The molecule has 0 aliphatic heterocycles. The first-order chi connectivity index (χ1) is 18.7. The summed E-state index contributed by atoms with van der Waals surface area (Å²) in [5, 5.41) is 13.3. The Hall–Kier alpha value is -5.19. The molecule has 0 atom stereocenters. The molecule has 0 unspecified atom stereocenters. The molecule has 3 aromatic carbocycles. The Balaban J connectivity index is 1.34. The van der Waals surface area contributed by atoms with Gasteiger partial charge in [-0.3, -0.25) is 29.3 Å². The second kappa shape index (κ2) is 13.9. The smallest absolute Gasteiger partial charge is 0.338 e. The first-order valence-corrected chi connectivity index (χ1v) is 11.8. The number of benzene rings is 3. The highest BCUT2D eigenvalue weighted by molar-refractivity contribution is 6.00. The van der Waals surface area contributed by atoms with Gasteiger partial charge in [0.1, 0.15) is 0 Å². The Labute approximate surface area is 222 Å². The van der Waals surface area contributed by atoms with Crippen LogP contribution in [0.1, 0.15) is 50.3 Å². The van der Waals surface area contributed by atoms with E-state index in [2.05, 4.69) is 5.32 Å². The second-order valence-corrected chi connectivity index (χ2v) is 8.23. The van der Waals surface area contributed by atoms with Crippen molar-refractivity contribution < 1.29 is 38.4 Å². The van der Waals surface area contributed by atoms with E-state index in [-0.39, 0.29) is 47.8 Å². The summed E-state index contributed by atoms with van der Waals surface area (Å²) in [4.78, 5) is 70.4. The molecule has 0 bridgehead atoms. The van der Waals surface area contributed by atoms with Gasteiger partial charge in [0.05, 0.1) is 10.5 Å². The summed E-state index contributed by atoms with van der Waals surface area (Å²) >= 11 is 0. The number of ether oxygens (including phenoxy) is 2. The van der Waals surface area contributed by atoms with Crippen LogP contribution in [0, 0.1) is 10.1 Å². The molecule has 0 saturated carbocycles. The van der Waals surface area contributed by atoms with Crippen LogP contribution in [0.25, 0.3) is 0 Å². The maximum absolute atomic E-state index is 12.2. The summed E-state index contributed by atoms with van der Waals surface area (Å²) in [5.74, 6) is -2.54. The zero-order valence-electron chi connectivity index (χ0n) is 20.7. The van der Waals surface area contributed by atoms with Crippen LogP contribution in [0.4, 0.5) is 11.4 Å². The number of hydrogen-bond donors (Lipinski definition) is 1. The third-order valence-corrected chi connectivity index (χ3v) is 5.38. The van der Waals surface area contributed by atoms with E-state index in [1.54, 1.807) is 30.3 Å². The number of non-ortho nitro benzene ring substituents is 1. The molecule has 0 heterocycles. The minimum absolute atomic E-state index is 0.0107. The van der Waals surface area contributed by atoms with Crippen molar-refractivity contribution in [2.45, 2.75) is 19.3 Å². The molecule has 3 rings (SSSR count). The first kappa shape index (κ1) is 28.4. The molecule has 1 amide bonds. The average molecular weight is 533 g/mol. The molecule has 200 valence electrons. The Morgan fingerprint density at radius 3 is 1.87 bits per heavy atom. The van der Waals surface area contributed by atoms with Crippen LogP contribution < -0.4 is 5.32 Å². The molecule has 0 aromatic heterocycles. The van der Waals surface area contributed by atoms with E-state index >= 15 is 0 Å². The van der Waals surface area contributed by atoms with Gasteiger partial charge in [-0.15, -0.1) is 0 Å². The van der Waals surface area contributed by atoms with Crippen LogP contribution in [-0.4, -0.2) is 47.5 Å². The van der Waals surface area contributed by atoms with Gasteiger partial charge < -0.3 is 14.8 Å². The average Bonchev–Trinajstić information content (AvgIpc) is 2.95. The number of nitro benzene ring substituents is 1. The summed E-state index contributed by atoms with van der Waals surface area (Å²) in [7, 11) is 0. The standard InChI is InChI=1S/C28H24N2O9/c31-24(20-11-15-23(16-12-20)30(36)37)17-38-27(34)8-4-7-26(33)29-22-13-9-21(10-14-22)28(35)39-18-25(32)19-5-2-1-3-6-19/h1-3,5-6,9-16H,4,7-8,17-18H2,(H,29,33). The van der Waals surface area contributed by atoms with E-state index in [0.29, 0.717) is 11.3 Å². The van der Waals surface area contributed by atoms with Crippen molar-refractivity contribution in [2.24, 2.45) is 0 Å². The number of ketones is 2. The van der Waals surface area contributed by atoms with Gasteiger partial charge in [0.2, 0.25) is 5.91 Å². The normalized spacial score (nSPS) is 10.3. The van der Waals surface area contributed by atoms with Gasteiger partial charge in [0.25, 0.3) is 5.69 Å². The fraction of sp³-hybridized carbons (Fsp3) is 0.179. The number of hydrogen-bond acceptors (Lipinski definition) is 9. The van der Waals surface area contributed by atoms with E-state index in [1.165, 1.54) is 48.5 Å². The molecular formula is C28H24N2O9. The highest BCUT2D eigenvalue weighted by Crippen LogP contribution is 2.14. The number of nitrogens with zero attached hydrogens (tertiary/aromatic N) is 1. The van der Waals surface area contributed by atoms with Crippen molar-refractivity contribution in [3.05, 3.63) is 106 Å². The molecule has 39 heavy (non-hydrogen) atoms. The van der Waals surface area contributed by atoms with Gasteiger partial charge in [0.15, 0.2) is 24.8 Å². The minimum atomic E-state index is -0.678. The Kier molecular flexibility index (Phi) is 10.1. The fourth-order valence-electron chi connectivity index (χ4n) is 3.30. The van der Waals surface area contributed by atoms with Crippen LogP contribution >= 0.6 is 0 Å². The molecule has 1 N–H and O–H groups in total. The first-order valence-electron chi connectivity index (χ1n) is 11.8. The number of amides is 1. The molecular weight excluding hydrogens is 508 g/mol. The number of nitro groups is 1. The fourth-order valence-corrected chi connectivity index (χ4v) is 3.30. The van der Waals surface area contributed by atoms with Crippen LogP contribution in [0.15, 0.2) is 78.9 Å². The van der Waals surface area contributed by atoms with Crippen molar-refractivity contribution in [1.82, 2.24) is 0 Å². The van der Waals surface area contributed by atoms with Crippen LogP contribution in [0.5, 0.6) is 0 Å². The van der Waals surface area contributed by atoms with Gasteiger partial charge in [-0.05, 0) is 42.8 Å². The van der Waals surface area contributed by atoms with Crippen molar-refractivity contribution in [3.63, 3.8) is 0 Å². The maximum atomic E-state index is 12.2. The molecule has 0 radical (unpaired) electrons. The zero-order chi connectivity index (χ0) is 28.2. The van der Waals surface area contributed by atoms with E-state index in [1.807, 2.05) is 0 Å². The van der Waals surface area contributed by atoms with Gasteiger partial charge in [0, 0.05) is 41.8 Å². The number of anilines is 1. The highest BCUT2D eigenvalue weighted by Gasteiger charge is 2.14. The highest BCUT2D eigenvalue weighted by atomic mass is 16.6. The number of nitrogens with one attached hydrogen (secondary N) is 1. The largest absolute Gasteiger partial charge is 0.457 e. The quantitative estimate of drug-likeness (QED) is 0.147. The monoisotopic (exact) mass is 532 g/mol. The third kappa shape index (κ3) is 9.01. The molecule has 0 spiro atoms. The predicted molar refractivity (Wildman–Crippen MR) is 138 cm³/mol. The number of Topliss-reactive ketones (excluding diaryl/α,β-unsaturated/α-hetero) is 2. The summed E-state index contributed by atoms with van der Waals surface area (Å²) in [6.07, 6.45) is 0.0977. The Bertz CT molecular complexity index is 1350. The van der Waals surface area contributed by atoms with Gasteiger partial charge in [-0.25, -0.2) is 4.79 Å². The van der Waals surface area contributed by atoms with E-state index < -0.39 is 35.9 Å². The molecule has 11 nitrogen and oxygen atoms in total. The number of carbonyl (C=O) groups excluding carboxylic acids is 5. The summed E-state index contributed by atoms with van der Waals surface area (Å²) in [5.41, 5.74) is 1.08. The third-order valence-electron chi connectivity index (χ3n) is 5.38.